The maximum absolute atomic E-state index is 4.54. The summed E-state index contributed by atoms with van der Waals surface area (Å²) < 4.78 is 0. The molecule has 1 saturated carbocycles. The van der Waals surface area contributed by atoms with Crippen molar-refractivity contribution in [3.63, 3.8) is 0 Å². The SMILES string of the molecule is CC1CC2=CCCC(C)(C)C2CC1/C=N/Nc1nnc2c(n1)[nH]c1ccccc12. The standard InChI is InChI=1S/C23H28N6/c1-14-11-15-7-6-10-23(2,3)18(15)12-16(14)13-24-28-22-26-21-20(27-29-22)17-8-4-5-9-19(17)25-21/h4-5,7-9,13-14,16,18H,6,10-12H2,1-3H3,(H2,25,26,28,29)/b24-13+. The van der Waals surface area contributed by atoms with Crippen molar-refractivity contribution in [1.29, 1.82) is 0 Å². The smallest absolute Gasteiger partial charge is 0.265 e. The molecule has 3 atom stereocenters. The number of allylic oxidation sites excluding steroid dienone is 2. The minimum Gasteiger partial charge on any atom is -0.338 e. The summed E-state index contributed by atoms with van der Waals surface area (Å²) in [6.07, 6.45) is 9.42. The number of fused-ring (bicyclic) bond motifs is 4. The van der Waals surface area contributed by atoms with E-state index >= 15 is 0 Å². The van der Waals surface area contributed by atoms with E-state index in [-0.39, 0.29) is 0 Å². The number of aromatic nitrogens is 4. The van der Waals surface area contributed by atoms with Crippen LogP contribution in [-0.4, -0.2) is 26.4 Å². The number of nitrogens with zero attached hydrogens (tertiary/aromatic N) is 4. The quantitative estimate of drug-likeness (QED) is 0.362. The third-order valence-electron chi connectivity index (χ3n) is 6.94. The third kappa shape index (κ3) is 3.30. The number of hydrogen-bond donors (Lipinski definition) is 2. The van der Waals surface area contributed by atoms with Gasteiger partial charge in [-0.1, -0.05) is 50.6 Å². The normalized spacial score (nSPS) is 26.6. The van der Waals surface area contributed by atoms with Crippen molar-refractivity contribution in [2.75, 3.05) is 5.43 Å². The van der Waals surface area contributed by atoms with Gasteiger partial charge in [-0.15, -0.1) is 10.2 Å². The molecule has 3 unspecified atom stereocenters. The second-order valence-electron chi connectivity index (χ2n) is 9.33. The molecule has 2 N–H and O–H groups in total. The molecule has 1 aromatic carbocycles. The topological polar surface area (TPSA) is 78.8 Å². The molecule has 6 heteroatoms. The highest BCUT2D eigenvalue weighted by atomic mass is 15.4. The lowest BCUT2D eigenvalue weighted by Crippen LogP contribution is -2.36. The number of hydrogen-bond acceptors (Lipinski definition) is 5. The van der Waals surface area contributed by atoms with Crippen LogP contribution in [0.25, 0.3) is 22.1 Å². The third-order valence-corrected chi connectivity index (χ3v) is 6.94. The Morgan fingerprint density at radius 2 is 2.10 bits per heavy atom. The lowest BCUT2D eigenvalue weighted by molar-refractivity contribution is 0.149. The Hall–Kier alpha value is -2.76. The second-order valence-corrected chi connectivity index (χ2v) is 9.33. The summed E-state index contributed by atoms with van der Waals surface area (Å²) in [4.78, 5) is 7.83. The second kappa shape index (κ2) is 6.94. The van der Waals surface area contributed by atoms with Crippen LogP contribution < -0.4 is 5.43 Å². The first kappa shape index (κ1) is 18.3. The molecule has 6 nitrogen and oxygen atoms in total. The van der Waals surface area contributed by atoms with Crippen LogP contribution in [0, 0.1) is 23.2 Å². The molecule has 0 aliphatic heterocycles. The van der Waals surface area contributed by atoms with Crippen molar-refractivity contribution in [2.45, 2.75) is 46.5 Å². The van der Waals surface area contributed by atoms with Crippen molar-refractivity contribution in [3.05, 3.63) is 35.9 Å². The van der Waals surface area contributed by atoms with Crippen LogP contribution in [0.3, 0.4) is 0 Å². The van der Waals surface area contributed by atoms with Gasteiger partial charge in [-0.2, -0.15) is 10.1 Å². The van der Waals surface area contributed by atoms with Gasteiger partial charge in [0.15, 0.2) is 5.65 Å². The Labute approximate surface area is 170 Å². The maximum atomic E-state index is 4.54. The summed E-state index contributed by atoms with van der Waals surface area (Å²) >= 11 is 0. The first-order chi connectivity index (χ1) is 14.0. The molecular formula is C23H28N6. The van der Waals surface area contributed by atoms with Crippen LogP contribution in [-0.2, 0) is 0 Å². The predicted octanol–water partition coefficient (Wildman–Crippen LogP) is 5.31. The summed E-state index contributed by atoms with van der Waals surface area (Å²) in [5.74, 6) is 2.16. The first-order valence-electron chi connectivity index (χ1n) is 10.6. The number of benzene rings is 1. The molecule has 2 heterocycles. The average molecular weight is 389 g/mol. The molecule has 0 bridgehead atoms. The summed E-state index contributed by atoms with van der Waals surface area (Å²) in [7, 11) is 0. The van der Waals surface area contributed by atoms with Crippen molar-refractivity contribution in [2.24, 2.45) is 28.3 Å². The van der Waals surface area contributed by atoms with Crippen molar-refractivity contribution >= 4 is 34.2 Å². The van der Waals surface area contributed by atoms with E-state index in [0.717, 1.165) is 22.1 Å². The number of H-pyrrole nitrogens is 1. The molecule has 0 spiro atoms. The van der Waals surface area contributed by atoms with Crippen LogP contribution >= 0.6 is 0 Å². The minimum absolute atomic E-state index is 0.386. The molecule has 2 aliphatic rings. The summed E-state index contributed by atoms with van der Waals surface area (Å²) in [6.45, 7) is 7.17. The highest BCUT2D eigenvalue weighted by molar-refractivity contribution is 6.03. The summed E-state index contributed by atoms with van der Waals surface area (Å²) in [5, 5.41) is 14.1. The van der Waals surface area contributed by atoms with Crippen molar-refractivity contribution in [3.8, 4) is 0 Å². The molecule has 0 radical (unpaired) electrons. The molecule has 5 rings (SSSR count). The molecule has 1 fully saturated rings. The van der Waals surface area contributed by atoms with Gasteiger partial charge in [0, 0.05) is 17.1 Å². The Bertz CT molecular complexity index is 1110. The fraction of sp³-hybridized carbons (Fsp3) is 0.478. The molecule has 2 aromatic heterocycles. The zero-order valence-electron chi connectivity index (χ0n) is 17.3. The monoisotopic (exact) mass is 388 g/mol. The molecule has 2 aliphatic carbocycles. The van der Waals surface area contributed by atoms with Crippen LogP contribution in [0.5, 0.6) is 0 Å². The van der Waals surface area contributed by atoms with Gasteiger partial charge in [0.05, 0.1) is 0 Å². The van der Waals surface area contributed by atoms with E-state index < -0.39 is 0 Å². The van der Waals surface area contributed by atoms with Crippen molar-refractivity contribution < 1.29 is 0 Å². The number of hydrazone groups is 1. The van der Waals surface area contributed by atoms with E-state index in [1.807, 2.05) is 24.3 Å². The number of para-hydroxylation sites is 1. The summed E-state index contributed by atoms with van der Waals surface area (Å²) in [6, 6.07) is 8.03. The van der Waals surface area contributed by atoms with Gasteiger partial charge >= 0.3 is 0 Å². The van der Waals surface area contributed by atoms with E-state index in [1.54, 1.807) is 5.57 Å². The maximum Gasteiger partial charge on any atom is 0.265 e. The van der Waals surface area contributed by atoms with Crippen molar-refractivity contribution in [1.82, 2.24) is 20.2 Å². The van der Waals surface area contributed by atoms with Crippen LogP contribution in [0.1, 0.15) is 46.5 Å². The minimum atomic E-state index is 0.386. The Morgan fingerprint density at radius 3 is 3.00 bits per heavy atom. The molecule has 0 amide bonds. The Morgan fingerprint density at radius 1 is 1.24 bits per heavy atom. The molecular weight excluding hydrogens is 360 g/mol. The fourth-order valence-corrected chi connectivity index (χ4v) is 5.14. The van der Waals surface area contributed by atoms with E-state index in [4.69, 9.17) is 0 Å². The molecule has 3 aromatic rings. The lowest BCUT2D eigenvalue weighted by atomic mass is 9.59. The van der Waals surface area contributed by atoms with Crippen LogP contribution in [0.15, 0.2) is 41.0 Å². The number of anilines is 1. The predicted molar refractivity (Wildman–Crippen MR) is 118 cm³/mol. The molecule has 0 saturated heterocycles. The zero-order chi connectivity index (χ0) is 20.0. The van der Waals surface area contributed by atoms with Gasteiger partial charge in [-0.05, 0) is 54.9 Å². The highest BCUT2D eigenvalue weighted by Crippen LogP contribution is 2.50. The Balaban J connectivity index is 1.32. The van der Waals surface area contributed by atoms with Gasteiger partial charge < -0.3 is 4.98 Å². The molecule has 29 heavy (non-hydrogen) atoms. The van der Waals surface area contributed by atoms with E-state index in [0.29, 0.717) is 29.1 Å². The average Bonchev–Trinajstić information content (AvgIpc) is 3.06. The largest absolute Gasteiger partial charge is 0.338 e. The summed E-state index contributed by atoms with van der Waals surface area (Å²) in [5.41, 5.74) is 7.57. The number of aromatic amines is 1. The van der Waals surface area contributed by atoms with Gasteiger partial charge in [0.2, 0.25) is 0 Å². The number of nitrogens with one attached hydrogen (secondary N) is 2. The van der Waals surface area contributed by atoms with Crippen LogP contribution in [0.4, 0.5) is 5.95 Å². The van der Waals surface area contributed by atoms with Gasteiger partial charge in [0.1, 0.15) is 5.52 Å². The van der Waals surface area contributed by atoms with E-state index in [1.165, 1.54) is 25.7 Å². The van der Waals surface area contributed by atoms with Gasteiger partial charge in [0.25, 0.3) is 5.95 Å². The highest BCUT2D eigenvalue weighted by Gasteiger charge is 2.40. The van der Waals surface area contributed by atoms with Crippen LogP contribution in [0.2, 0.25) is 0 Å². The Kier molecular flexibility index (Phi) is 4.37. The van der Waals surface area contributed by atoms with Gasteiger partial charge in [-0.3, -0.25) is 0 Å². The lowest BCUT2D eigenvalue weighted by Gasteiger charge is -2.46. The van der Waals surface area contributed by atoms with E-state index in [2.05, 4.69) is 63.8 Å². The van der Waals surface area contributed by atoms with E-state index in [9.17, 15) is 0 Å². The van der Waals surface area contributed by atoms with Gasteiger partial charge in [-0.25, -0.2) is 5.43 Å². The number of rotatable bonds is 3. The molecule has 150 valence electrons. The fourth-order valence-electron chi connectivity index (χ4n) is 5.14. The zero-order valence-corrected chi connectivity index (χ0v) is 17.3. The first-order valence-corrected chi connectivity index (χ1v) is 10.6.